The summed E-state index contributed by atoms with van der Waals surface area (Å²) in [6.45, 7) is 3.78. The summed E-state index contributed by atoms with van der Waals surface area (Å²) in [6, 6.07) is 10.8. The van der Waals surface area contributed by atoms with Crippen molar-refractivity contribution in [3.63, 3.8) is 0 Å². The maximum atomic E-state index is 13.5. The largest absolute Gasteiger partial charge is 0.348 e. The third kappa shape index (κ3) is 4.19. The molecule has 3 aromatic rings. The molecule has 0 saturated carbocycles. The second kappa shape index (κ2) is 8.30. The normalized spacial score (nSPS) is 13.2. The van der Waals surface area contributed by atoms with Crippen LogP contribution in [-0.2, 0) is 17.8 Å². The number of amides is 2. The Morgan fingerprint density at radius 3 is 2.55 bits per heavy atom. The van der Waals surface area contributed by atoms with E-state index < -0.39 is 0 Å². The van der Waals surface area contributed by atoms with Gasteiger partial charge >= 0.3 is 0 Å². The van der Waals surface area contributed by atoms with Crippen LogP contribution >= 0.6 is 0 Å². The number of nitrogens with one attached hydrogen (secondary N) is 1. The second-order valence-corrected chi connectivity index (χ2v) is 7.98. The average molecular weight is 417 g/mol. The van der Waals surface area contributed by atoms with Crippen molar-refractivity contribution in [2.45, 2.75) is 33.2 Å². The van der Waals surface area contributed by atoms with Crippen LogP contribution in [0.5, 0.6) is 0 Å². The zero-order valence-corrected chi connectivity index (χ0v) is 17.8. The van der Waals surface area contributed by atoms with Crippen LogP contribution in [0.15, 0.2) is 48.8 Å². The van der Waals surface area contributed by atoms with Gasteiger partial charge in [0, 0.05) is 49.2 Å². The zero-order chi connectivity index (χ0) is 22.1. The fourth-order valence-electron chi connectivity index (χ4n) is 4.12. The zero-order valence-electron chi connectivity index (χ0n) is 17.8. The van der Waals surface area contributed by atoms with Crippen molar-refractivity contribution in [2.75, 3.05) is 11.9 Å². The topological polar surface area (TPSA) is 62.3 Å². The minimum Gasteiger partial charge on any atom is -0.348 e. The predicted molar refractivity (Wildman–Crippen MR) is 118 cm³/mol. The molecule has 31 heavy (non-hydrogen) atoms. The summed E-state index contributed by atoms with van der Waals surface area (Å²) in [6.07, 6.45) is 4.75. The van der Waals surface area contributed by atoms with E-state index in [0.717, 1.165) is 34.4 Å². The smallest absolute Gasteiger partial charge is 0.252 e. The van der Waals surface area contributed by atoms with Crippen molar-refractivity contribution in [2.24, 2.45) is 0 Å². The standard InChI is InChI=1S/C25H24FN3O2/c1-15-8-21(26)9-16(2)24(15)25(31)28-13-17-10-20(14-27-12-17)18-4-6-22-19(11-18)5-7-23(30)29(22)3/h4,6,8-12,14H,5,7,13H2,1-3H3,(H,28,31). The van der Waals surface area contributed by atoms with Gasteiger partial charge in [-0.1, -0.05) is 6.07 Å². The van der Waals surface area contributed by atoms with Gasteiger partial charge in [0.05, 0.1) is 0 Å². The SMILES string of the molecule is Cc1cc(F)cc(C)c1C(=O)NCc1cncc(-c2ccc3c(c2)CCC(=O)N3C)c1. The van der Waals surface area contributed by atoms with Crippen molar-refractivity contribution in [1.29, 1.82) is 0 Å². The summed E-state index contributed by atoms with van der Waals surface area (Å²) in [4.78, 5) is 30.6. The number of carbonyl (C=O) groups is 2. The Morgan fingerprint density at radius 1 is 1.06 bits per heavy atom. The van der Waals surface area contributed by atoms with E-state index in [0.29, 0.717) is 29.7 Å². The van der Waals surface area contributed by atoms with E-state index in [9.17, 15) is 14.0 Å². The Labute approximate surface area is 180 Å². The molecule has 1 aliphatic heterocycles. The third-order valence-electron chi connectivity index (χ3n) is 5.73. The summed E-state index contributed by atoms with van der Waals surface area (Å²) in [5.41, 5.74) is 6.64. The quantitative estimate of drug-likeness (QED) is 0.687. The Kier molecular flexibility index (Phi) is 5.55. The number of halogens is 1. The van der Waals surface area contributed by atoms with E-state index >= 15 is 0 Å². The number of benzene rings is 2. The van der Waals surface area contributed by atoms with E-state index in [2.05, 4.69) is 16.4 Å². The molecule has 158 valence electrons. The van der Waals surface area contributed by atoms with E-state index in [1.54, 1.807) is 38.2 Å². The number of hydrogen-bond acceptors (Lipinski definition) is 3. The predicted octanol–water partition coefficient (Wildman–Crippen LogP) is 4.34. The number of nitrogens with zero attached hydrogens (tertiary/aromatic N) is 2. The molecule has 6 heteroatoms. The Balaban J connectivity index is 1.52. The van der Waals surface area contributed by atoms with Crippen LogP contribution in [0.4, 0.5) is 10.1 Å². The van der Waals surface area contributed by atoms with Crippen LogP contribution in [-0.4, -0.2) is 23.8 Å². The maximum Gasteiger partial charge on any atom is 0.252 e. The number of aromatic nitrogens is 1. The average Bonchev–Trinajstić information content (AvgIpc) is 2.74. The molecule has 0 aliphatic carbocycles. The number of fused-ring (bicyclic) bond motifs is 1. The van der Waals surface area contributed by atoms with Crippen LogP contribution in [0.3, 0.4) is 0 Å². The molecule has 0 saturated heterocycles. The third-order valence-corrected chi connectivity index (χ3v) is 5.73. The van der Waals surface area contributed by atoms with Gasteiger partial charge in [0.25, 0.3) is 5.91 Å². The molecular weight excluding hydrogens is 393 g/mol. The van der Waals surface area contributed by atoms with Gasteiger partial charge in [-0.2, -0.15) is 0 Å². The molecule has 1 aromatic heterocycles. The first-order valence-electron chi connectivity index (χ1n) is 10.2. The highest BCUT2D eigenvalue weighted by Gasteiger charge is 2.21. The van der Waals surface area contributed by atoms with Gasteiger partial charge in [-0.15, -0.1) is 0 Å². The highest BCUT2D eigenvalue weighted by Crippen LogP contribution is 2.31. The lowest BCUT2D eigenvalue weighted by Crippen LogP contribution is -2.30. The molecule has 0 bridgehead atoms. The van der Waals surface area contributed by atoms with Gasteiger partial charge in [-0.3, -0.25) is 14.6 Å². The molecule has 2 aromatic carbocycles. The molecule has 0 fully saturated rings. The first-order chi connectivity index (χ1) is 14.8. The Morgan fingerprint density at radius 2 is 1.81 bits per heavy atom. The monoisotopic (exact) mass is 417 g/mol. The van der Waals surface area contributed by atoms with E-state index in [4.69, 9.17) is 0 Å². The molecular formula is C25H24FN3O2. The van der Waals surface area contributed by atoms with Gasteiger partial charge < -0.3 is 10.2 Å². The van der Waals surface area contributed by atoms with Crippen molar-refractivity contribution in [3.05, 3.63) is 82.4 Å². The molecule has 2 amide bonds. The molecule has 1 N–H and O–H groups in total. The van der Waals surface area contributed by atoms with E-state index in [1.165, 1.54) is 12.1 Å². The number of pyridine rings is 1. The van der Waals surface area contributed by atoms with E-state index in [1.807, 2.05) is 18.2 Å². The van der Waals surface area contributed by atoms with Crippen LogP contribution in [0, 0.1) is 19.7 Å². The molecule has 0 atom stereocenters. The first-order valence-corrected chi connectivity index (χ1v) is 10.2. The minimum atomic E-state index is -0.343. The van der Waals surface area contributed by atoms with Crippen molar-refractivity contribution in [1.82, 2.24) is 10.3 Å². The number of rotatable bonds is 4. The van der Waals surface area contributed by atoms with Crippen LogP contribution in [0.1, 0.15) is 39.0 Å². The molecule has 0 unspecified atom stereocenters. The minimum absolute atomic E-state index is 0.131. The lowest BCUT2D eigenvalue weighted by atomic mass is 9.96. The van der Waals surface area contributed by atoms with Gasteiger partial charge in [0.2, 0.25) is 5.91 Å². The van der Waals surface area contributed by atoms with Gasteiger partial charge in [-0.25, -0.2) is 4.39 Å². The van der Waals surface area contributed by atoms with Crippen LogP contribution in [0.2, 0.25) is 0 Å². The summed E-state index contributed by atoms with van der Waals surface area (Å²) in [7, 11) is 1.80. The Bertz CT molecular complexity index is 1170. The molecule has 0 radical (unpaired) electrons. The number of carbonyl (C=O) groups excluding carboxylic acids is 2. The fraction of sp³-hybridized carbons (Fsp3) is 0.240. The summed E-state index contributed by atoms with van der Waals surface area (Å²) < 4.78 is 13.5. The van der Waals surface area contributed by atoms with Gasteiger partial charge in [0.15, 0.2) is 0 Å². The van der Waals surface area contributed by atoms with Crippen LogP contribution < -0.4 is 10.2 Å². The summed E-state index contributed by atoms with van der Waals surface area (Å²) in [5, 5.41) is 2.91. The van der Waals surface area contributed by atoms with Crippen molar-refractivity contribution in [3.8, 4) is 11.1 Å². The maximum absolute atomic E-state index is 13.5. The van der Waals surface area contributed by atoms with Crippen LogP contribution in [0.25, 0.3) is 11.1 Å². The van der Waals surface area contributed by atoms with Crippen molar-refractivity contribution >= 4 is 17.5 Å². The molecule has 4 rings (SSSR count). The van der Waals surface area contributed by atoms with Gasteiger partial charge in [0.1, 0.15) is 5.82 Å². The molecule has 1 aliphatic rings. The fourth-order valence-corrected chi connectivity index (χ4v) is 4.12. The summed E-state index contributed by atoms with van der Waals surface area (Å²) >= 11 is 0. The van der Waals surface area contributed by atoms with E-state index in [-0.39, 0.29) is 17.6 Å². The lowest BCUT2D eigenvalue weighted by molar-refractivity contribution is -0.118. The highest BCUT2D eigenvalue weighted by atomic mass is 19.1. The highest BCUT2D eigenvalue weighted by molar-refractivity contribution is 5.97. The van der Waals surface area contributed by atoms with Crippen molar-refractivity contribution < 1.29 is 14.0 Å². The number of hydrogen-bond donors (Lipinski definition) is 1. The molecule has 2 heterocycles. The molecule has 5 nitrogen and oxygen atoms in total. The lowest BCUT2D eigenvalue weighted by Gasteiger charge is -2.26. The molecule has 0 spiro atoms. The summed E-state index contributed by atoms with van der Waals surface area (Å²) in [5.74, 6) is -0.447. The first kappa shape index (κ1) is 20.7. The second-order valence-electron chi connectivity index (χ2n) is 7.98. The Hall–Kier alpha value is -3.54. The van der Waals surface area contributed by atoms with Gasteiger partial charge in [-0.05, 0) is 78.4 Å². The number of aryl methyl sites for hydroxylation is 3. The number of anilines is 1.